The van der Waals surface area contributed by atoms with Crippen LogP contribution >= 0.6 is 0 Å². The van der Waals surface area contributed by atoms with Crippen LogP contribution in [-0.4, -0.2) is 52.1 Å². The van der Waals surface area contributed by atoms with Gasteiger partial charge in [0.15, 0.2) is 0 Å². The van der Waals surface area contributed by atoms with E-state index in [-0.39, 0.29) is 12.5 Å². The molecule has 1 aliphatic heterocycles. The van der Waals surface area contributed by atoms with E-state index in [1.54, 1.807) is 6.92 Å². The second-order valence-corrected chi connectivity index (χ2v) is 6.06. The van der Waals surface area contributed by atoms with Crippen molar-refractivity contribution in [3.63, 3.8) is 0 Å². The predicted molar refractivity (Wildman–Crippen MR) is 65.6 cm³/mol. The van der Waals surface area contributed by atoms with Crippen molar-refractivity contribution < 1.29 is 18.3 Å². The fraction of sp³-hybridized carbons (Fsp3) is 0.667. The second kappa shape index (κ2) is 5.13. The molecule has 1 aromatic rings. The molecule has 9 nitrogen and oxygen atoms in total. The molecule has 0 saturated carbocycles. The molecule has 0 bridgehead atoms. The molecular formula is C9H15N5O4S. The van der Waals surface area contributed by atoms with E-state index in [2.05, 4.69) is 19.9 Å². The van der Waals surface area contributed by atoms with E-state index < -0.39 is 22.1 Å². The van der Waals surface area contributed by atoms with Crippen molar-refractivity contribution in [2.24, 2.45) is 5.92 Å². The van der Waals surface area contributed by atoms with Crippen molar-refractivity contribution in [1.82, 2.24) is 19.5 Å². The van der Waals surface area contributed by atoms with Crippen LogP contribution in [0.5, 0.6) is 0 Å². The van der Waals surface area contributed by atoms with Crippen LogP contribution < -0.4 is 4.72 Å². The van der Waals surface area contributed by atoms with Gasteiger partial charge < -0.3 is 5.11 Å². The van der Waals surface area contributed by atoms with Crippen LogP contribution in [0.1, 0.15) is 18.7 Å². The highest BCUT2D eigenvalue weighted by molar-refractivity contribution is 7.90. The zero-order chi connectivity index (χ0) is 14.0. The second-order valence-electron chi connectivity index (χ2n) is 4.39. The molecule has 106 valence electrons. The molecule has 2 rings (SSSR count). The van der Waals surface area contributed by atoms with Gasteiger partial charge >= 0.3 is 16.2 Å². The molecular weight excluding hydrogens is 274 g/mol. The quantitative estimate of drug-likeness (QED) is 0.689. The lowest BCUT2D eigenvalue weighted by Crippen LogP contribution is -2.44. The maximum atomic E-state index is 12.1. The number of carboxylic acids is 1. The first-order chi connectivity index (χ1) is 8.88. The number of carboxylic acid groups (broad SMARTS) is 1. The molecule has 0 spiro atoms. The zero-order valence-electron chi connectivity index (χ0n) is 10.3. The van der Waals surface area contributed by atoms with E-state index in [0.29, 0.717) is 25.2 Å². The average molecular weight is 289 g/mol. The van der Waals surface area contributed by atoms with Gasteiger partial charge in [-0.25, -0.2) is 4.72 Å². The largest absolute Gasteiger partial charge is 0.481 e. The number of hydrogen-bond acceptors (Lipinski definition) is 5. The van der Waals surface area contributed by atoms with Gasteiger partial charge in [0.2, 0.25) is 0 Å². The fourth-order valence-corrected chi connectivity index (χ4v) is 3.13. The van der Waals surface area contributed by atoms with Crippen molar-refractivity contribution in [3.8, 4) is 0 Å². The number of aromatic nitrogens is 3. The Kier molecular flexibility index (Phi) is 3.71. The first-order valence-electron chi connectivity index (χ1n) is 5.78. The summed E-state index contributed by atoms with van der Waals surface area (Å²) >= 11 is 0. The van der Waals surface area contributed by atoms with Gasteiger partial charge in [-0.3, -0.25) is 9.89 Å². The van der Waals surface area contributed by atoms with Crippen LogP contribution in [0.3, 0.4) is 0 Å². The Morgan fingerprint density at radius 1 is 1.58 bits per heavy atom. The smallest absolute Gasteiger partial charge is 0.307 e. The van der Waals surface area contributed by atoms with Crippen LogP contribution in [0.2, 0.25) is 0 Å². The lowest BCUT2D eigenvalue weighted by atomic mass is 10.0. The summed E-state index contributed by atoms with van der Waals surface area (Å²) < 4.78 is 27.5. The molecule has 10 heteroatoms. The van der Waals surface area contributed by atoms with Crippen molar-refractivity contribution in [2.75, 3.05) is 17.8 Å². The molecule has 0 amide bonds. The molecule has 1 unspecified atom stereocenters. The number of rotatable bonds is 4. The molecule has 0 aliphatic carbocycles. The molecule has 1 aromatic heterocycles. The highest BCUT2D eigenvalue weighted by Crippen LogP contribution is 2.19. The first-order valence-corrected chi connectivity index (χ1v) is 7.22. The van der Waals surface area contributed by atoms with Crippen LogP contribution in [0.25, 0.3) is 0 Å². The van der Waals surface area contributed by atoms with E-state index in [1.807, 2.05) is 0 Å². The summed E-state index contributed by atoms with van der Waals surface area (Å²) in [5, 5.41) is 15.1. The summed E-state index contributed by atoms with van der Waals surface area (Å²) in [7, 11) is -3.81. The summed E-state index contributed by atoms with van der Waals surface area (Å²) in [5.41, 5.74) is 0. The minimum atomic E-state index is -3.81. The van der Waals surface area contributed by atoms with Gasteiger partial charge in [-0.15, -0.1) is 5.10 Å². The van der Waals surface area contributed by atoms with E-state index >= 15 is 0 Å². The Morgan fingerprint density at radius 2 is 2.32 bits per heavy atom. The number of aromatic amines is 1. The van der Waals surface area contributed by atoms with E-state index in [0.717, 1.165) is 4.31 Å². The Morgan fingerprint density at radius 3 is 2.89 bits per heavy atom. The lowest BCUT2D eigenvalue weighted by molar-refractivity contribution is -0.142. The summed E-state index contributed by atoms with van der Waals surface area (Å²) in [6, 6.07) is 0. The monoisotopic (exact) mass is 289 g/mol. The molecule has 1 saturated heterocycles. The van der Waals surface area contributed by atoms with Crippen molar-refractivity contribution in [2.45, 2.75) is 19.8 Å². The van der Waals surface area contributed by atoms with Crippen LogP contribution in [0, 0.1) is 12.8 Å². The zero-order valence-corrected chi connectivity index (χ0v) is 11.1. The Labute approximate surface area is 110 Å². The minimum Gasteiger partial charge on any atom is -0.481 e. The third-order valence-electron chi connectivity index (χ3n) is 2.89. The van der Waals surface area contributed by atoms with E-state index in [9.17, 15) is 13.2 Å². The molecule has 19 heavy (non-hydrogen) atoms. The number of hydrogen-bond donors (Lipinski definition) is 3. The third-order valence-corrected chi connectivity index (χ3v) is 4.34. The normalized spacial score (nSPS) is 21.2. The van der Waals surface area contributed by atoms with Crippen LogP contribution in [0.15, 0.2) is 0 Å². The standard InChI is InChI=1S/C9H15N5O4S/c1-6-10-9(12-11-6)13-19(17,18)14-4-2-3-7(5-14)8(15)16/h7H,2-5H2,1H3,(H,15,16)(H2,10,11,12,13). The lowest BCUT2D eigenvalue weighted by Gasteiger charge is -2.29. The molecule has 1 fully saturated rings. The summed E-state index contributed by atoms with van der Waals surface area (Å²) in [6.07, 6.45) is 1.01. The van der Waals surface area contributed by atoms with E-state index in [1.165, 1.54) is 0 Å². The molecule has 1 aliphatic rings. The fourth-order valence-electron chi connectivity index (χ4n) is 1.93. The highest BCUT2D eigenvalue weighted by Gasteiger charge is 2.32. The SMILES string of the molecule is Cc1nc(NS(=O)(=O)N2CCCC(C(=O)O)C2)n[nH]1. The Bertz CT molecular complexity index is 569. The van der Waals surface area contributed by atoms with Gasteiger partial charge in [0.25, 0.3) is 5.95 Å². The summed E-state index contributed by atoms with van der Waals surface area (Å²) in [6.45, 7) is 1.91. The summed E-state index contributed by atoms with van der Waals surface area (Å²) in [5.74, 6) is -1.21. The van der Waals surface area contributed by atoms with E-state index in [4.69, 9.17) is 5.11 Å². The number of piperidine rings is 1. The molecule has 3 N–H and O–H groups in total. The van der Waals surface area contributed by atoms with Gasteiger partial charge in [-0.2, -0.15) is 17.7 Å². The number of carbonyl (C=O) groups is 1. The maximum absolute atomic E-state index is 12.1. The first kappa shape index (κ1) is 13.7. The number of aryl methyl sites for hydroxylation is 1. The van der Waals surface area contributed by atoms with Gasteiger partial charge in [0.1, 0.15) is 5.82 Å². The average Bonchev–Trinajstić information content (AvgIpc) is 2.74. The summed E-state index contributed by atoms with van der Waals surface area (Å²) in [4.78, 5) is 14.8. The van der Waals surface area contributed by atoms with Crippen molar-refractivity contribution in [3.05, 3.63) is 5.82 Å². The number of H-pyrrole nitrogens is 1. The predicted octanol–water partition coefficient (Wildman–Crippen LogP) is -0.434. The number of nitrogens with zero attached hydrogens (tertiary/aromatic N) is 3. The number of aliphatic carboxylic acids is 1. The molecule has 2 heterocycles. The van der Waals surface area contributed by atoms with Gasteiger partial charge in [0.05, 0.1) is 5.92 Å². The van der Waals surface area contributed by atoms with Gasteiger partial charge in [-0.1, -0.05) is 0 Å². The minimum absolute atomic E-state index is 0.0337. The molecule has 0 aromatic carbocycles. The maximum Gasteiger partial charge on any atom is 0.307 e. The van der Waals surface area contributed by atoms with Gasteiger partial charge in [0, 0.05) is 13.1 Å². The van der Waals surface area contributed by atoms with Crippen LogP contribution in [-0.2, 0) is 15.0 Å². The Hall–Kier alpha value is -1.68. The van der Waals surface area contributed by atoms with Crippen molar-refractivity contribution >= 4 is 22.1 Å². The topological polar surface area (TPSA) is 128 Å². The third kappa shape index (κ3) is 3.20. The van der Waals surface area contributed by atoms with Gasteiger partial charge in [-0.05, 0) is 19.8 Å². The highest BCUT2D eigenvalue weighted by atomic mass is 32.2. The number of anilines is 1. The van der Waals surface area contributed by atoms with Crippen LogP contribution in [0.4, 0.5) is 5.95 Å². The molecule has 0 radical (unpaired) electrons. The number of nitrogens with one attached hydrogen (secondary N) is 2. The molecule has 1 atom stereocenters. The van der Waals surface area contributed by atoms with Crippen molar-refractivity contribution in [1.29, 1.82) is 0 Å². The Balaban J connectivity index is 2.08.